The van der Waals surface area contributed by atoms with Crippen LogP contribution in [0.5, 0.6) is 0 Å². The largest absolute Gasteiger partial charge is 0.342 e. The molecule has 1 aromatic rings. The van der Waals surface area contributed by atoms with Crippen LogP contribution in [0.3, 0.4) is 0 Å². The molecule has 0 spiro atoms. The molecule has 5 nitrogen and oxygen atoms in total. The molecule has 0 heterocycles. The summed E-state index contributed by atoms with van der Waals surface area (Å²) in [7, 11) is -2.53. The van der Waals surface area contributed by atoms with Gasteiger partial charge in [0.25, 0.3) is 5.91 Å². The number of hydrogen-bond acceptors (Lipinski definition) is 3. The topological polar surface area (TPSA) is 80.5 Å². The Balaban J connectivity index is 3.13. The third kappa shape index (κ3) is 4.76. The van der Waals surface area contributed by atoms with Gasteiger partial charge < -0.3 is 4.90 Å². The standard InChI is InChI=1S/C13H18BrFN2O3S/c1-3-4-5-6-17(2)13(18)10-7-9(15)8-11(12(10)14)21(16,19)20/h7-8H,3-6H2,1-2H3,(H2,16,19,20). The van der Waals surface area contributed by atoms with E-state index in [9.17, 15) is 17.6 Å². The quantitative estimate of drug-likeness (QED) is 0.769. The van der Waals surface area contributed by atoms with Crippen molar-refractivity contribution in [3.63, 3.8) is 0 Å². The smallest absolute Gasteiger partial charge is 0.254 e. The zero-order valence-electron chi connectivity index (χ0n) is 11.9. The number of amides is 1. The number of benzene rings is 1. The lowest BCUT2D eigenvalue weighted by Gasteiger charge is -2.18. The Labute approximate surface area is 132 Å². The average molecular weight is 381 g/mol. The molecule has 0 aromatic heterocycles. The summed E-state index contributed by atoms with van der Waals surface area (Å²) in [5.41, 5.74) is -0.0574. The van der Waals surface area contributed by atoms with E-state index >= 15 is 0 Å². The molecule has 0 atom stereocenters. The molecule has 2 N–H and O–H groups in total. The lowest BCUT2D eigenvalue weighted by molar-refractivity contribution is 0.0791. The van der Waals surface area contributed by atoms with Crippen LogP contribution in [0.1, 0.15) is 36.5 Å². The van der Waals surface area contributed by atoms with E-state index in [-0.39, 0.29) is 10.0 Å². The van der Waals surface area contributed by atoms with E-state index in [0.29, 0.717) is 6.54 Å². The number of hydrogen-bond donors (Lipinski definition) is 1. The molecule has 21 heavy (non-hydrogen) atoms. The summed E-state index contributed by atoms with van der Waals surface area (Å²) in [5, 5.41) is 5.02. The molecule has 0 aliphatic heterocycles. The van der Waals surface area contributed by atoms with Crippen molar-refractivity contribution >= 4 is 31.9 Å². The van der Waals surface area contributed by atoms with E-state index in [0.717, 1.165) is 31.4 Å². The highest BCUT2D eigenvalue weighted by molar-refractivity contribution is 9.10. The van der Waals surface area contributed by atoms with Gasteiger partial charge in [0.1, 0.15) is 5.82 Å². The van der Waals surface area contributed by atoms with Gasteiger partial charge >= 0.3 is 0 Å². The second-order valence-corrected chi connectivity index (χ2v) is 7.07. The molecule has 1 aromatic carbocycles. The second-order valence-electron chi connectivity index (χ2n) is 4.74. The van der Waals surface area contributed by atoms with Gasteiger partial charge in [0.2, 0.25) is 10.0 Å². The van der Waals surface area contributed by atoms with Crippen LogP contribution in [-0.2, 0) is 10.0 Å². The number of halogens is 2. The van der Waals surface area contributed by atoms with Gasteiger partial charge in [0.15, 0.2) is 0 Å². The molecule has 118 valence electrons. The molecule has 0 unspecified atom stereocenters. The monoisotopic (exact) mass is 380 g/mol. The van der Waals surface area contributed by atoms with Crippen molar-refractivity contribution in [3.8, 4) is 0 Å². The summed E-state index contributed by atoms with van der Waals surface area (Å²) >= 11 is 3.03. The zero-order chi connectivity index (χ0) is 16.2. The molecule has 1 amide bonds. The van der Waals surface area contributed by atoms with Crippen LogP contribution in [0.4, 0.5) is 4.39 Å². The van der Waals surface area contributed by atoms with Crippen LogP contribution in [0.2, 0.25) is 0 Å². The number of primary sulfonamides is 1. The molecule has 0 aliphatic carbocycles. The lowest BCUT2D eigenvalue weighted by Crippen LogP contribution is -2.28. The Morgan fingerprint density at radius 3 is 2.52 bits per heavy atom. The third-order valence-electron chi connectivity index (χ3n) is 2.98. The van der Waals surface area contributed by atoms with E-state index in [1.54, 1.807) is 7.05 Å². The van der Waals surface area contributed by atoms with Crippen molar-refractivity contribution < 1.29 is 17.6 Å². The fourth-order valence-corrected chi connectivity index (χ4v) is 3.55. The Kier molecular flexibility index (Phi) is 6.30. The Bertz CT molecular complexity index is 635. The van der Waals surface area contributed by atoms with Crippen molar-refractivity contribution in [1.82, 2.24) is 4.90 Å². The molecule has 0 aliphatic rings. The maximum atomic E-state index is 13.6. The molecule has 0 bridgehead atoms. The number of nitrogens with two attached hydrogens (primary N) is 1. The summed E-state index contributed by atoms with van der Waals surface area (Å²) in [6.45, 7) is 2.56. The summed E-state index contributed by atoms with van der Waals surface area (Å²) < 4.78 is 36.4. The number of unbranched alkanes of at least 4 members (excludes halogenated alkanes) is 2. The van der Waals surface area contributed by atoms with Gasteiger partial charge in [-0.25, -0.2) is 17.9 Å². The first-order valence-electron chi connectivity index (χ1n) is 6.45. The lowest BCUT2D eigenvalue weighted by atomic mass is 10.2. The normalized spacial score (nSPS) is 11.5. The predicted molar refractivity (Wildman–Crippen MR) is 82.0 cm³/mol. The Morgan fingerprint density at radius 1 is 1.38 bits per heavy atom. The number of carbonyl (C=O) groups is 1. The minimum atomic E-state index is -4.12. The van der Waals surface area contributed by atoms with Gasteiger partial charge in [-0.15, -0.1) is 0 Å². The van der Waals surface area contributed by atoms with E-state index in [1.807, 2.05) is 6.92 Å². The van der Waals surface area contributed by atoms with Crippen molar-refractivity contribution in [2.45, 2.75) is 31.1 Å². The maximum absolute atomic E-state index is 13.6. The summed E-state index contributed by atoms with van der Waals surface area (Å²) in [5.74, 6) is -1.28. The molecule has 8 heteroatoms. The SMILES string of the molecule is CCCCCN(C)C(=O)c1cc(F)cc(S(N)(=O)=O)c1Br. The summed E-state index contributed by atoms with van der Waals surface area (Å²) in [6.07, 6.45) is 2.82. The molecule has 0 radical (unpaired) electrons. The third-order valence-corrected chi connectivity index (χ3v) is 5.04. The van der Waals surface area contributed by atoms with Crippen LogP contribution in [-0.4, -0.2) is 32.8 Å². The first-order valence-corrected chi connectivity index (χ1v) is 8.79. The number of rotatable bonds is 6. The minimum absolute atomic E-state index is 0.0151. The van der Waals surface area contributed by atoms with Gasteiger partial charge in [-0.1, -0.05) is 19.8 Å². The Hall–Kier alpha value is -0.990. The first-order chi connectivity index (χ1) is 9.68. The predicted octanol–water partition coefficient (Wildman–Crippen LogP) is 2.50. The highest BCUT2D eigenvalue weighted by Gasteiger charge is 2.23. The van der Waals surface area contributed by atoms with Gasteiger partial charge in [-0.05, 0) is 34.5 Å². The fraction of sp³-hybridized carbons (Fsp3) is 0.462. The van der Waals surface area contributed by atoms with Crippen molar-refractivity contribution in [3.05, 3.63) is 28.0 Å². The molecule has 0 saturated carbocycles. The minimum Gasteiger partial charge on any atom is -0.342 e. The highest BCUT2D eigenvalue weighted by Crippen LogP contribution is 2.27. The van der Waals surface area contributed by atoms with E-state index in [4.69, 9.17) is 5.14 Å². The van der Waals surface area contributed by atoms with Gasteiger partial charge in [-0.3, -0.25) is 4.79 Å². The Morgan fingerprint density at radius 2 is 2.00 bits per heavy atom. The summed E-state index contributed by atoms with van der Waals surface area (Å²) in [6, 6.07) is 1.78. The highest BCUT2D eigenvalue weighted by atomic mass is 79.9. The van der Waals surface area contributed by atoms with Crippen LogP contribution < -0.4 is 5.14 Å². The first kappa shape index (κ1) is 18.1. The van der Waals surface area contributed by atoms with Crippen molar-refractivity contribution in [2.75, 3.05) is 13.6 Å². The average Bonchev–Trinajstić information content (AvgIpc) is 2.39. The second kappa shape index (κ2) is 7.33. The van der Waals surface area contributed by atoms with Crippen LogP contribution in [0, 0.1) is 5.82 Å². The van der Waals surface area contributed by atoms with Crippen molar-refractivity contribution in [2.24, 2.45) is 5.14 Å². The molecule has 0 fully saturated rings. The zero-order valence-corrected chi connectivity index (χ0v) is 14.3. The number of nitrogens with zero attached hydrogens (tertiary/aromatic N) is 1. The van der Waals surface area contributed by atoms with Gasteiger partial charge in [-0.2, -0.15) is 0 Å². The van der Waals surface area contributed by atoms with Crippen LogP contribution in [0.15, 0.2) is 21.5 Å². The number of carbonyl (C=O) groups excluding carboxylic acids is 1. The van der Waals surface area contributed by atoms with Gasteiger partial charge in [0, 0.05) is 13.6 Å². The molecule has 1 rings (SSSR count). The molecule has 0 saturated heterocycles. The van der Waals surface area contributed by atoms with E-state index in [1.165, 1.54) is 4.90 Å². The number of sulfonamides is 1. The summed E-state index contributed by atoms with van der Waals surface area (Å²) in [4.78, 5) is 13.3. The molecular formula is C13H18BrFN2O3S. The van der Waals surface area contributed by atoms with E-state index < -0.39 is 26.6 Å². The van der Waals surface area contributed by atoms with Gasteiger partial charge in [0.05, 0.1) is 14.9 Å². The van der Waals surface area contributed by atoms with Crippen LogP contribution >= 0.6 is 15.9 Å². The maximum Gasteiger partial charge on any atom is 0.254 e. The van der Waals surface area contributed by atoms with Crippen LogP contribution in [0.25, 0.3) is 0 Å². The fourth-order valence-electron chi connectivity index (χ4n) is 1.83. The van der Waals surface area contributed by atoms with Crippen molar-refractivity contribution in [1.29, 1.82) is 0 Å². The van der Waals surface area contributed by atoms with E-state index in [2.05, 4.69) is 15.9 Å². The molecular weight excluding hydrogens is 363 g/mol.